The summed E-state index contributed by atoms with van der Waals surface area (Å²) in [4.78, 5) is 45.2. The van der Waals surface area contributed by atoms with Gasteiger partial charge in [-0.05, 0) is 24.5 Å². The van der Waals surface area contributed by atoms with Gasteiger partial charge in [0.15, 0.2) is 0 Å². The van der Waals surface area contributed by atoms with Crippen molar-refractivity contribution in [2.75, 3.05) is 26.3 Å². The summed E-state index contributed by atoms with van der Waals surface area (Å²) in [5, 5.41) is 10.5. The maximum Gasteiger partial charge on any atom is 0.313 e. The van der Waals surface area contributed by atoms with Crippen molar-refractivity contribution in [2.24, 2.45) is 11.8 Å². The molecule has 1 aromatic rings. The van der Waals surface area contributed by atoms with E-state index in [9.17, 15) is 19.5 Å². The fourth-order valence-corrected chi connectivity index (χ4v) is 6.50. The Hall–Kier alpha value is -2.97. The molecule has 0 radical (unpaired) electrons. The summed E-state index contributed by atoms with van der Waals surface area (Å²) in [6, 6.07) is 7.43. The van der Waals surface area contributed by atoms with Gasteiger partial charge in [-0.3, -0.25) is 14.4 Å². The second-order valence-electron chi connectivity index (χ2n) is 10.0. The molecule has 2 amide bonds. The SMILES string of the molecule is CCCCN1CC=C[C@]23O[C@]4(CC)C=CCOC(=O)[C@@H]4[C@H]2C(=O)N([C@H](CO)c2ccccc2)C3C1=O. The number of aliphatic hydroxyl groups excluding tert-OH is 1. The maximum absolute atomic E-state index is 14.4. The lowest BCUT2D eigenvalue weighted by Gasteiger charge is -2.40. The molecule has 4 aliphatic heterocycles. The normalized spacial score (nSPS) is 34.1. The van der Waals surface area contributed by atoms with Crippen LogP contribution in [0.4, 0.5) is 0 Å². The number of hydrogen-bond acceptors (Lipinski definition) is 6. The molecular weight excluding hydrogens is 460 g/mol. The molecule has 36 heavy (non-hydrogen) atoms. The van der Waals surface area contributed by atoms with Crippen LogP contribution in [0.15, 0.2) is 54.6 Å². The van der Waals surface area contributed by atoms with Gasteiger partial charge in [0.05, 0.1) is 18.6 Å². The number of hydrogen-bond donors (Lipinski definition) is 1. The van der Waals surface area contributed by atoms with Gasteiger partial charge in [0.2, 0.25) is 11.8 Å². The number of amides is 2. The van der Waals surface area contributed by atoms with Crippen molar-refractivity contribution in [1.29, 1.82) is 0 Å². The lowest BCUT2D eigenvalue weighted by molar-refractivity contribution is -0.161. The van der Waals surface area contributed by atoms with Crippen LogP contribution < -0.4 is 0 Å². The van der Waals surface area contributed by atoms with Crippen molar-refractivity contribution in [3.63, 3.8) is 0 Å². The Morgan fingerprint density at radius 2 is 1.83 bits per heavy atom. The molecule has 1 N–H and O–H groups in total. The summed E-state index contributed by atoms with van der Waals surface area (Å²) in [5.41, 5.74) is -1.68. The number of carbonyl (C=O) groups excluding carboxylic acids is 3. The number of likely N-dealkylation sites (tertiary alicyclic amines) is 1. The highest BCUT2D eigenvalue weighted by atomic mass is 16.6. The van der Waals surface area contributed by atoms with Crippen molar-refractivity contribution < 1.29 is 29.0 Å². The smallest absolute Gasteiger partial charge is 0.313 e. The van der Waals surface area contributed by atoms with Gasteiger partial charge in [0, 0.05) is 13.1 Å². The third-order valence-corrected chi connectivity index (χ3v) is 8.19. The van der Waals surface area contributed by atoms with Gasteiger partial charge in [-0.25, -0.2) is 0 Å². The summed E-state index contributed by atoms with van der Waals surface area (Å²) in [6.45, 7) is 4.68. The Balaban J connectivity index is 1.69. The average Bonchev–Trinajstić information content (AvgIpc) is 3.17. The lowest BCUT2D eigenvalue weighted by atomic mass is 9.73. The number of rotatable bonds is 7. The van der Waals surface area contributed by atoms with Crippen LogP contribution in [0, 0.1) is 11.8 Å². The Bertz CT molecular complexity index is 1090. The summed E-state index contributed by atoms with van der Waals surface area (Å²) in [5.74, 6) is -2.92. The molecule has 1 spiro atoms. The van der Waals surface area contributed by atoms with E-state index in [1.165, 1.54) is 4.90 Å². The van der Waals surface area contributed by atoms with Crippen molar-refractivity contribution in [2.45, 2.75) is 56.4 Å². The first-order chi connectivity index (χ1) is 17.4. The minimum absolute atomic E-state index is 0.115. The van der Waals surface area contributed by atoms with Crippen molar-refractivity contribution in [1.82, 2.24) is 9.80 Å². The molecule has 6 atom stereocenters. The van der Waals surface area contributed by atoms with E-state index in [4.69, 9.17) is 9.47 Å². The van der Waals surface area contributed by atoms with E-state index in [0.717, 1.165) is 18.4 Å². The number of nitrogens with zero attached hydrogens (tertiary/aromatic N) is 2. The maximum atomic E-state index is 14.4. The molecule has 2 fully saturated rings. The third kappa shape index (κ3) is 3.53. The van der Waals surface area contributed by atoms with Gasteiger partial charge in [0.1, 0.15) is 29.8 Å². The van der Waals surface area contributed by atoms with Gasteiger partial charge in [0.25, 0.3) is 0 Å². The minimum Gasteiger partial charge on any atom is -0.461 e. The van der Waals surface area contributed by atoms with Crippen LogP contribution in [-0.4, -0.2) is 76.2 Å². The van der Waals surface area contributed by atoms with Crippen LogP contribution in [-0.2, 0) is 23.9 Å². The van der Waals surface area contributed by atoms with E-state index in [1.807, 2.05) is 55.5 Å². The van der Waals surface area contributed by atoms with Crippen LogP contribution in [0.2, 0.25) is 0 Å². The Kier molecular flexibility index (Phi) is 6.51. The zero-order valence-corrected chi connectivity index (χ0v) is 20.8. The van der Waals surface area contributed by atoms with Crippen LogP contribution in [0.5, 0.6) is 0 Å². The molecule has 5 rings (SSSR count). The molecule has 0 aliphatic carbocycles. The molecule has 1 aromatic carbocycles. The van der Waals surface area contributed by atoms with Crippen LogP contribution in [0.1, 0.15) is 44.7 Å². The van der Waals surface area contributed by atoms with E-state index in [1.54, 1.807) is 11.0 Å². The number of carbonyl (C=O) groups is 3. The molecule has 0 saturated carbocycles. The second-order valence-corrected chi connectivity index (χ2v) is 10.0. The number of esters is 1. The average molecular weight is 495 g/mol. The molecule has 4 aliphatic rings. The van der Waals surface area contributed by atoms with E-state index >= 15 is 0 Å². The molecule has 8 nitrogen and oxygen atoms in total. The monoisotopic (exact) mass is 494 g/mol. The topological polar surface area (TPSA) is 96.4 Å². The second kappa shape index (κ2) is 9.48. The number of ether oxygens (including phenoxy) is 2. The standard InChI is InChI=1S/C28H34N2O6/c1-3-5-15-29-16-9-14-28-21(22-26(34)35-17-10-13-27(22,4-2)36-28)24(32)30(23(28)25(29)33)20(18-31)19-11-7-6-8-12-19/h6-14,20-23,31H,3-5,15-18H2,1-2H3/t20-,21+,22+,23?,27-,28+/m1/s1. The highest BCUT2D eigenvalue weighted by Gasteiger charge is 2.76. The largest absolute Gasteiger partial charge is 0.461 e. The molecular formula is C28H34N2O6. The van der Waals surface area contributed by atoms with Gasteiger partial charge in [-0.1, -0.05) is 68.8 Å². The van der Waals surface area contributed by atoms with Gasteiger partial charge < -0.3 is 24.4 Å². The first-order valence-corrected chi connectivity index (χ1v) is 12.9. The molecule has 0 aromatic heterocycles. The third-order valence-electron chi connectivity index (χ3n) is 8.19. The van der Waals surface area contributed by atoms with Crippen molar-refractivity contribution in [3.05, 3.63) is 60.2 Å². The molecule has 4 heterocycles. The fraction of sp³-hybridized carbons (Fsp3) is 0.536. The highest BCUT2D eigenvalue weighted by molar-refractivity contribution is 5.99. The highest BCUT2D eigenvalue weighted by Crippen LogP contribution is 2.59. The summed E-state index contributed by atoms with van der Waals surface area (Å²) >= 11 is 0. The number of benzene rings is 1. The summed E-state index contributed by atoms with van der Waals surface area (Å²) < 4.78 is 12.3. The fourth-order valence-electron chi connectivity index (χ4n) is 6.50. The molecule has 192 valence electrons. The van der Waals surface area contributed by atoms with Crippen molar-refractivity contribution >= 4 is 17.8 Å². The number of unbranched alkanes of at least 4 members (excludes halogenated alkanes) is 1. The quantitative estimate of drug-likeness (QED) is 0.462. The first kappa shape index (κ1) is 24.7. The van der Waals surface area contributed by atoms with E-state index in [0.29, 0.717) is 19.5 Å². The van der Waals surface area contributed by atoms with Crippen LogP contribution in [0.3, 0.4) is 0 Å². The Morgan fingerprint density at radius 1 is 1.06 bits per heavy atom. The van der Waals surface area contributed by atoms with E-state index in [2.05, 4.69) is 6.92 Å². The van der Waals surface area contributed by atoms with Gasteiger partial charge in [-0.2, -0.15) is 0 Å². The number of fused-ring (bicyclic) bond motifs is 2. The zero-order valence-electron chi connectivity index (χ0n) is 20.8. The van der Waals surface area contributed by atoms with Crippen LogP contribution in [0.25, 0.3) is 0 Å². The molecule has 1 unspecified atom stereocenters. The number of cyclic esters (lactones) is 1. The predicted octanol–water partition coefficient (Wildman–Crippen LogP) is 2.39. The zero-order chi connectivity index (χ0) is 25.5. The van der Waals surface area contributed by atoms with Crippen LogP contribution >= 0.6 is 0 Å². The Labute approximate surface area is 211 Å². The van der Waals surface area contributed by atoms with Gasteiger partial charge >= 0.3 is 5.97 Å². The lowest BCUT2D eigenvalue weighted by Crippen LogP contribution is -2.57. The van der Waals surface area contributed by atoms with Crippen molar-refractivity contribution in [3.8, 4) is 0 Å². The number of aliphatic hydroxyl groups is 1. The summed E-state index contributed by atoms with van der Waals surface area (Å²) in [7, 11) is 0. The minimum atomic E-state index is -1.35. The predicted molar refractivity (Wildman–Crippen MR) is 131 cm³/mol. The molecule has 8 heteroatoms. The first-order valence-electron chi connectivity index (χ1n) is 12.9. The Morgan fingerprint density at radius 3 is 2.53 bits per heavy atom. The van der Waals surface area contributed by atoms with E-state index < -0.39 is 41.1 Å². The molecule has 0 bridgehead atoms. The van der Waals surface area contributed by atoms with Gasteiger partial charge in [-0.15, -0.1) is 0 Å². The van der Waals surface area contributed by atoms with E-state index in [-0.39, 0.29) is 25.0 Å². The summed E-state index contributed by atoms with van der Waals surface area (Å²) in [6.07, 6.45) is 9.51. The molecule has 2 saturated heterocycles.